The van der Waals surface area contributed by atoms with Crippen LogP contribution in [-0.2, 0) is 16.0 Å². The molecule has 5 heteroatoms. The molecule has 0 unspecified atom stereocenters. The summed E-state index contributed by atoms with van der Waals surface area (Å²) in [5, 5.41) is 8.88. The topological polar surface area (TPSA) is 76.1 Å². The first-order chi connectivity index (χ1) is 7.08. The van der Waals surface area contributed by atoms with Gasteiger partial charge in [0.05, 0.1) is 24.8 Å². The van der Waals surface area contributed by atoms with Crippen LogP contribution < -0.4 is 5.73 Å². The van der Waals surface area contributed by atoms with Crippen molar-refractivity contribution in [2.24, 2.45) is 0 Å². The maximum Gasteiger partial charge on any atom is 0.310 e. The SMILES string of the molecule is COC(=O)Cc1cc(Br)cc(N)c1C#N. The molecule has 4 nitrogen and oxygen atoms in total. The number of carbonyl (C=O) groups is 1. The third kappa shape index (κ3) is 2.70. The summed E-state index contributed by atoms with van der Waals surface area (Å²) in [5.74, 6) is -0.399. The molecule has 0 spiro atoms. The van der Waals surface area contributed by atoms with Crippen molar-refractivity contribution in [2.45, 2.75) is 6.42 Å². The van der Waals surface area contributed by atoms with Crippen molar-refractivity contribution in [2.75, 3.05) is 12.8 Å². The van der Waals surface area contributed by atoms with E-state index in [-0.39, 0.29) is 6.42 Å². The first-order valence-corrected chi connectivity index (χ1v) is 4.92. The normalized spacial score (nSPS) is 9.40. The number of nitrogen functional groups attached to an aromatic ring is 1. The number of carbonyl (C=O) groups excluding carboxylic acids is 1. The van der Waals surface area contributed by atoms with E-state index in [0.29, 0.717) is 16.8 Å². The second-order valence-corrected chi connectivity index (χ2v) is 3.81. The lowest BCUT2D eigenvalue weighted by Gasteiger charge is -2.06. The zero-order valence-corrected chi connectivity index (χ0v) is 9.67. The van der Waals surface area contributed by atoms with Gasteiger partial charge in [-0.05, 0) is 17.7 Å². The van der Waals surface area contributed by atoms with Crippen LogP contribution in [0, 0.1) is 11.3 Å². The van der Waals surface area contributed by atoms with Gasteiger partial charge in [-0.3, -0.25) is 4.79 Å². The van der Waals surface area contributed by atoms with Gasteiger partial charge in [-0.2, -0.15) is 5.26 Å². The second-order valence-electron chi connectivity index (χ2n) is 2.89. The maximum atomic E-state index is 11.1. The van der Waals surface area contributed by atoms with Gasteiger partial charge in [-0.25, -0.2) is 0 Å². The first-order valence-electron chi connectivity index (χ1n) is 4.13. The summed E-state index contributed by atoms with van der Waals surface area (Å²) in [6, 6.07) is 5.28. The van der Waals surface area contributed by atoms with E-state index in [0.717, 1.165) is 4.47 Å². The number of ether oxygens (including phenoxy) is 1. The Balaban J connectivity index is 3.16. The number of methoxy groups -OCH3 is 1. The quantitative estimate of drug-likeness (QED) is 0.653. The Bertz CT molecular complexity index is 438. The molecule has 0 aliphatic rings. The van der Waals surface area contributed by atoms with Crippen LogP contribution in [0.4, 0.5) is 5.69 Å². The molecule has 0 aromatic heterocycles. The highest BCUT2D eigenvalue weighted by molar-refractivity contribution is 9.10. The molecule has 0 aliphatic heterocycles. The average molecular weight is 269 g/mol. The lowest BCUT2D eigenvalue weighted by molar-refractivity contribution is -0.139. The number of hydrogen-bond donors (Lipinski definition) is 1. The highest BCUT2D eigenvalue weighted by atomic mass is 79.9. The van der Waals surface area contributed by atoms with Gasteiger partial charge in [0, 0.05) is 4.47 Å². The van der Waals surface area contributed by atoms with Crippen LogP contribution in [0.3, 0.4) is 0 Å². The Hall–Kier alpha value is -1.54. The summed E-state index contributed by atoms with van der Waals surface area (Å²) < 4.78 is 5.26. The predicted molar refractivity (Wildman–Crippen MR) is 59.0 cm³/mol. The van der Waals surface area contributed by atoms with Crippen molar-refractivity contribution in [3.8, 4) is 6.07 Å². The zero-order chi connectivity index (χ0) is 11.4. The number of esters is 1. The molecule has 0 amide bonds. The van der Waals surface area contributed by atoms with Crippen LogP contribution in [-0.4, -0.2) is 13.1 Å². The molecule has 1 aromatic carbocycles. The molecule has 1 aromatic rings. The van der Waals surface area contributed by atoms with Crippen molar-refractivity contribution < 1.29 is 9.53 Å². The smallest absolute Gasteiger partial charge is 0.310 e. The van der Waals surface area contributed by atoms with Crippen molar-refractivity contribution in [3.63, 3.8) is 0 Å². The zero-order valence-electron chi connectivity index (χ0n) is 8.08. The summed E-state index contributed by atoms with van der Waals surface area (Å²) in [6.07, 6.45) is 0.0447. The van der Waals surface area contributed by atoms with Crippen LogP contribution >= 0.6 is 15.9 Å². The molecule has 2 N–H and O–H groups in total. The molecule has 0 saturated heterocycles. The van der Waals surface area contributed by atoms with Gasteiger partial charge < -0.3 is 10.5 Å². The van der Waals surface area contributed by atoms with E-state index in [1.54, 1.807) is 12.1 Å². The van der Waals surface area contributed by atoms with E-state index in [9.17, 15) is 4.79 Å². The standard InChI is InChI=1S/C10H9BrN2O2/c1-15-10(14)3-6-2-7(11)4-9(13)8(6)5-12/h2,4H,3,13H2,1H3. The highest BCUT2D eigenvalue weighted by Crippen LogP contribution is 2.23. The van der Waals surface area contributed by atoms with Crippen LogP contribution in [0.5, 0.6) is 0 Å². The average Bonchev–Trinajstić information content (AvgIpc) is 2.17. The lowest BCUT2D eigenvalue weighted by atomic mass is 10.0. The Morgan fingerprint density at radius 3 is 2.87 bits per heavy atom. The summed E-state index contributed by atoms with van der Waals surface area (Å²) >= 11 is 3.25. The number of halogens is 1. The monoisotopic (exact) mass is 268 g/mol. The van der Waals surface area contributed by atoms with E-state index in [1.165, 1.54) is 7.11 Å². The number of benzene rings is 1. The third-order valence-electron chi connectivity index (χ3n) is 1.89. The summed E-state index contributed by atoms with van der Waals surface area (Å²) in [4.78, 5) is 11.1. The van der Waals surface area contributed by atoms with Gasteiger partial charge in [0.1, 0.15) is 6.07 Å². The summed E-state index contributed by atoms with van der Waals surface area (Å²) in [7, 11) is 1.30. The molecule has 0 heterocycles. The molecule has 15 heavy (non-hydrogen) atoms. The highest BCUT2D eigenvalue weighted by Gasteiger charge is 2.11. The molecule has 0 bridgehead atoms. The molecule has 0 fully saturated rings. The molecule has 78 valence electrons. The van der Waals surface area contributed by atoms with Crippen molar-refractivity contribution in [1.82, 2.24) is 0 Å². The van der Waals surface area contributed by atoms with Crippen LogP contribution in [0.15, 0.2) is 16.6 Å². The third-order valence-corrected chi connectivity index (χ3v) is 2.35. The van der Waals surface area contributed by atoms with Crippen molar-refractivity contribution >= 4 is 27.6 Å². The van der Waals surface area contributed by atoms with Crippen LogP contribution in [0.1, 0.15) is 11.1 Å². The van der Waals surface area contributed by atoms with E-state index >= 15 is 0 Å². The first kappa shape index (κ1) is 11.5. The van der Waals surface area contributed by atoms with E-state index < -0.39 is 5.97 Å². The van der Waals surface area contributed by atoms with Crippen molar-refractivity contribution in [3.05, 3.63) is 27.7 Å². The Morgan fingerprint density at radius 2 is 2.33 bits per heavy atom. The number of nitriles is 1. The van der Waals surface area contributed by atoms with Gasteiger partial charge in [0.2, 0.25) is 0 Å². The minimum Gasteiger partial charge on any atom is -0.469 e. The number of nitrogens with zero attached hydrogens (tertiary/aromatic N) is 1. The number of nitrogens with two attached hydrogens (primary N) is 1. The van der Waals surface area contributed by atoms with Crippen LogP contribution in [0.25, 0.3) is 0 Å². The van der Waals surface area contributed by atoms with E-state index in [2.05, 4.69) is 20.7 Å². The number of rotatable bonds is 2. The Kier molecular flexibility index (Phi) is 3.69. The fourth-order valence-electron chi connectivity index (χ4n) is 1.19. The van der Waals surface area contributed by atoms with E-state index in [4.69, 9.17) is 11.0 Å². The Labute approximate surface area is 95.8 Å². The van der Waals surface area contributed by atoms with Crippen LogP contribution in [0.2, 0.25) is 0 Å². The molecular formula is C10H9BrN2O2. The second kappa shape index (κ2) is 4.80. The van der Waals surface area contributed by atoms with Crippen molar-refractivity contribution in [1.29, 1.82) is 5.26 Å². The van der Waals surface area contributed by atoms with Gasteiger partial charge in [-0.1, -0.05) is 15.9 Å². The Morgan fingerprint density at radius 1 is 1.67 bits per heavy atom. The maximum absolute atomic E-state index is 11.1. The van der Waals surface area contributed by atoms with Gasteiger partial charge >= 0.3 is 5.97 Å². The fourth-order valence-corrected chi connectivity index (χ4v) is 1.71. The summed E-state index contributed by atoms with van der Waals surface area (Å²) in [6.45, 7) is 0. The summed E-state index contributed by atoms with van der Waals surface area (Å²) in [5.41, 5.74) is 6.89. The number of anilines is 1. The van der Waals surface area contributed by atoms with Gasteiger partial charge in [0.25, 0.3) is 0 Å². The molecule has 1 rings (SSSR count). The van der Waals surface area contributed by atoms with E-state index in [1.807, 2.05) is 6.07 Å². The number of hydrogen-bond acceptors (Lipinski definition) is 4. The predicted octanol–water partition coefficient (Wildman–Crippen LogP) is 1.62. The molecule has 0 aliphatic carbocycles. The minimum atomic E-state index is -0.399. The minimum absolute atomic E-state index is 0.0447. The molecular weight excluding hydrogens is 260 g/mol. The molecule has 0 atom stereocenters. The molecule has 0 saturated carbocycles. The molecule has 0 radical (unpaired) electrons. The largest absolute Gasteiger partial charge is 0.469 e. The lowest BCUT2D eigenvalue weighted by Crippen LogP contribution is -2.07. The van der Waals surface area contributed by atoms with Gasteiger partial charge in [-0.15, -0.1) is 0 Å². The fraction of sp³-hybridized carbons (Fsp3) is 0.200. The van der Waals surface area contributed by atoms with Gasteiger partial charge in [0.15, 0.2) is 0 Å².